The van der Waals surface area contributed by atoms with Gasteiger partial charge in [0.25, 0.3) is 0 Å². The maximum absolute atomic E-state index is 12.3. The van der Waals surface area contributed by atoms with Crippen molar-refractivity contribution < 1.29 is 24.9 Å². The van der Waals surface area contributed by atoms with Gasteiger partial charge in [0.05, 0.1) is 6.61 Å². The summed E-state index contributed by atoms with van der Waals surface area (Å²) in [5, 5.41) is 39.1. The number of rotatable bonds is 4. The maximum atomic E-state index is 12.3. The minimum Gasteiger partial charge on any atom is -0.394 e. The molecule has 0 aliphatic carbocycles. The van der Waals surface area contributed by atoms with Gasteiger partial charge in [-0.2, -0.15) is 0 Å². The van der Waals surface area contributed by atoms with Gasteiger partial charge >= 0.3 is 0 Å². The maximum Gasteiger partial charge on any atom is 0.248 e. The molecule has 138 valence electrons. The number of aliphatic hydroxyl groups is 3. The molecule has 4 rings (SSSR count). The fourth-order valence-corrected chi connectivity index (χ4v) is 3.49. The van der Waals surface area contributed by atoms with E-state index in [1.165, 1.54) is 11.1 Å². The number of hydrogen-bond donors (Lipinski definition) is 3. The van der Waals surface area contributed by atoms with Crippen LogP contribution in [0.5, 0.6) is 0 Å². The Morgan fingerprint density at radius 1 is 1.15 bits per heavy atom. The van der Waals surface area contributed by atoms with Crippen LogP contribution in [0.15, 0.2) is 52.8 Å². The normalized spacial score (nSPS) is 36.0. The summed E-state index contributed by atoms with van der Waals surface area (Å²) in [4.78, 5) is 14.0. The van der Waals surface area contributed by atoms with Crippen molar-refractivity contribution in [2.75, 3.05) is 6.61 Å². The van der Waals surface area contributed by atoms with E-state index in [-0.39, 0.29) is 5.91 Å². The van der Waals surface area contributed by atoms with Gasteiger partial charge in [-0.3, -0.25) is 4.79 Å². The van der Waals surface area contributed by atoms with Crippen molar-refractivity contribution in [3.8, 4) is 0 Å². The number of carbonyl (C=O) groups is 1. The van der Waals surface area contributed by atoms with Crippen molar-refractivity contribution in [3.05, 3.63) is 48.0 Å². The number of amides is 1. The van der Waals surface area contributed by atoms with Gasteiger partial charge in [-0.05, 0) is 5.56 Å². The Morgan fingerprint density at radius 2 is 1.92 bits per heavy atom. The molecule has 0 unspecified atom stereocenters. The van der Waals surface area contributed by atoms with Gasteiger partial charge in [-0.15, -0.1) is 5.11 Å². The SMILES string of the molecule is O=C1C=C[C@@H]2[C@@H](N=NN2[C@H]2O[C@@H](CO)[C@@H](O)[C@H]2O)N1Cc1ccccc1. The second-order valence-electron chi connectivity index (χ2n) is 6.53. The molecule has 0 saturated carbocycles. The third-order valence-electron chi connectivity index (χ3n) is 4.90. The van der Waals surface area contributed by atoms with Crippen LogP contribution in [0, 0.1) is 0 Å². The van der Waals surface area contributed by atoms with Crippen LogP contribution in [0.2, 0.25) is 0 Å². The lowest BCUT2D eigenvalue weighted by molar-refractivity contribution is -0.133. The second kappa shape index (κ2) is 6.76. The van der Waals surface area contributed by atoms with E-state index >= 15 is 0 Å². The fraction of sp³-hybridized carbons (Fsp3) is 0.471. The monoisotopic (exact) mass is 360 g/mol. The van der Waals surface area contributed by atoms with Gasteiger partial charge in [0.1, 0.15) is 24.4 Å². The molecule has 3 aliphatic rings. The average molecular weight is 360 g/mol. The van der Waals surface area contributed by atoms with Crippen LogP contribution < -0.4 is 0 Å². The molecule has 0 spiro atoms. The van der Waals surface area contributed by atoms with Crippen molar-refractivity contribution >= 4 is 5.91 Å². The highest BCUT2D eigenvalue weighted by Crippen LogP contribution is 2.33. The summed E-state index contributed by atoms with van der Waals surface area (Å²) >= 11 is 0. The molecule has 3 aliphatic heterocycles. The molecule has 1 aromatic carbocycles. The van der Waals surface area contributed by atoms with Crippen LogP contribution in [0.3, 0.4) is 0 Å². The molecule has 9 heteroatoms. The first kappa shape index (κ1) is 17.1. The zero-order valence-corrected chi connectivity index (χ0v) is 13.9. The van der Waals surface area contributed by atoms with Crippen LogP contribution >= 0.6 is 0 Å². The molecule has 9 nitrogen and oxygen atoms in total. The predicted octanol–water partition coefficient (Wildman–Crippen LogP) is -0.599. The summed E-state index contributed by atoms with van der Waals surface area (Å²) < 4.78 is 5.53. The molecule has 0 bridgehead atoms. The molecule has 1 saturated heterocycles. The first-order valence-electron chi connectivity index (χ1n) is 8.44. The minimum absolute atomic E-state index is 0.169. The van der Waals surface area contributed by atoms with Crippen molar-refractivity contribution in [2.45, 2.75) is 43.3 Å². The van der Waals surface area contributed by atoms with Crippen molar-refractivity contribution in [1.29, 1.82) is 0 Å². The Morgan fingerprint density at radius 3 is 2.62 bits per heavy atom. The van der Waals surface area contributed by atoms with Gasteiger partial charge in [-0.1, -0.05) is 41.6 Å². The number of benzene rings is 1. The summed E-state index contributed by atoms with van der Waals surface area (Å²) in [6.45, 7) is -0.0315. The Balaban J connectivity index is 1.54. The topological polar surface area (TPSA) is 118 Å². The van der Waals surface area contributed by atoms with E-state index in [1.54, 1.807) is 11.0 Å². The number of nitrogens with zero attached hydrogens (tertiary/aromatic N) is 4. The largest absolute Gasteiger partial charge is 0.394 e. The van der Waals surface area contributed by atoms with Gasteiger partial charge in [-0.25, -0.2) is 5.01 Å². The molecule has 3 N–H and O–H groups in total. The van der Waals surface area contributed by atoms with Gasteiger partial charge in [0.15, 0.2) is 12.4 Å². The summed E-state index contributed by atoms with van der Waals surface area (Å²) in [7, 11) is 0. The van der Waals surface area contributed by atoms with Crippen LogP contribution in [-0.2, 0) is 16.1 Å². The molecular formula is C17H20N4O5. The highest BCUT2D eigenvalue weighted by Gasteiger charge is 2.51. The van der Waals surface area contributed by atoms with E-state index in [2.05, 4.69) is 10.3 Å². The van der Waals surface area contributed by atoms with Crippen molar-refractivity contribution in [3.63, 3.8) is 0 Å². The number of ether oxygens (including phenoxy) is 1. The number of fused-ring (bicyclic) bond motifs is 1. The first-order chi connectivity index (χ1) is 12.6. The molecule has 3 heterocycles. The Kier molecular flexibility index (Phi) is 4.45. The summed E-state index contributed by atoms with van der Waals surface area (Å²) in [6.07, 6.45) is -1.71. The van der Waals surface area contributed by atoms with E-state index in [0.29, 0.717) is 6.54 Å². The van der Waals surface area contributed by atoms with E-state index in [9.17, 15) is 20.1 Å². The highest BCUT2D eigenvalue weighted by molar-refractivity contribution is 5.89. The summed E-state index contributed by atoms with van der Waals surface area (Å²) in [5.41, 5.74) is 0.969. The lowest BCUT2D eigenvalue weighted by Gasteiger charge is -2.36. The number of hydrogen-bond acceptors (Lipinski definition) is 8. The Hall–Kier alpha value is -2.33. The number of aliphatic hydroxyl groups excluding tert-OH is 3. The van der Waals surface area contributed by atoms with Crippen LogP contribution in [0.4, 0.5) is 0 Å². The molecule has 6 atom stereocenters. The van der Waals surface area contributed by atoms with E-state index in [0.717, 1.165) is 5.56 Å². The van der Waals surface area contributed by atoms with E-state index in [1.807, 2.05) is 30.3 Å². The highest BCUT2D eigenvalue weighted by atomic mass is 16.6. The quantitative estimate of drug-likeness (QED) is 0.660. The predicted molar refractivity (Wildman–Crippen MR) is 88.2 cm³/mol. The molecule has 1 fully saturated rings. The van der Waals surface area contributed by atoms with Crippen LogP contribution in [0.1, 0.15) is 5.56 Å². The lowest BCUT2D eigenvalue weighted by Crippen LogP contribution is -2.53. The first-order valence-corrected chi connectivity index (χ1v) is 8.44. The zero-order chi connectivity index (χ0) is 18.3. The molecular weight excluding hydrogens is 340 g/mol. The minimum atomic E-state index is -1.24. The second-order valence-corrected chi connectivity index (χ2v) is 6.53. The molecule has 0 aromatic heterocycles. The number of carbonyl (C=O) groups excluding carboxylic acids is 1. The van der Waals surface area contributed by atoms with Gasteiger partial charge < -0.3 is 25.0 Å². The van der Waals surface area contributed by atoms with Crippen molar-refractivity contribution in [1.82, 2.24) is 9.91 Å². The summed E-state index contributed by atoms with van der Waals surface area (Å²) in [6, 6.07) is 9.15. The Bertz CT molecular complexity index is 727. The molecule has 1 amide bonds. The smallest absolute Gasteiger partial charge is 0.248 e. The molecule has 1 aromatic rings. The van der Waals surface area contributed by atoms with Crippen LogP contribution in [0.25, 0.3) is 0 Å². The van der Waals surface area contributed by atoms with E-state index < -0.39 is 43.4 Å². The van der Waals surface area contributed by atoms with E-state index in [4.69, 9.17) is 4.74 Å². The third kappa shape index (κ3) is 2.78. The lowest BCUT2D eigenvalue weighted by atomic mass is 10.1. The van der Waals surface area contributed by atoms with Crippen molar-refractivity contribution in [2.24, 2.45) is 10.3 Å². The Labute approximate surface area is 149 Å². The average Bonchev–Trinajstić information content (AvgIpc) is 3.20. The van der Waals surface area contributed by atoms with Gasteiger partial charge in [0.2, 0.25) is 5.91 Å². The van der Waals surface area contributed by atoms with Gasteiger partial charge in [0, 0.05) is 12.6 Å². The third-order valence-corrected chi connectivity index (χ3v) is 4.90. The standard InChI is InChI=1S/C17H20N4O5/c22-9-12-14(24)15(25)17(26-12)21-11-6-7-13(23)20(16(11)18-19-21)8-10-4-2-1-3-5-10/h1-7,11-12,14-17,22,24-25H,8-9H2/t11-,12+,14-,15-,16+,17+/m1/s1. The summed E-state index contributed by atoms with van der Waals surface area (Å²) in [5.74, 6) is -0.169. The fourth-order valence-electron chi connectivity index (χ4n) is 3.49. The molecule has 0 radical (unpaired) electrons. The molecule has 26 heavy (non-hydrogen) atoms. The van der Waals surface area contributed by atoms with Crippen LogP contribution in [-0.4, -0.2) is 74.5 Å². The zero-order valence-electron chi connectivity index (χ0n) is 13.9.